The second-order valence-electron chi connectivity index (χ2n) is 6.30. The second kappa shape index (κ2) is 5.29. The van der Waals surface area contributed by atoms with Crippen LogP contribution in [-0.2, 0) is 9.47 Å². The highest BCUT2D eigenvalue weighted by atomic mass is 16.7. The minimum Gasteiger partial charge on any atom is -0.350 e. The number of carbonyl (C=O) groups excluding carboxylic acids is 1. The van der Waals surface area contributed by atoms with Gasteiger partial charge in [0.25, 0.3) is 0 Å². The van der Waals surface area contributed by atoms with Crippen molar-refractivity contribution in [2.45, 2.75) is 52.4 Å². The van der Waals surface area contributed by atoms with Crippen LogP contribution < -0.4 is 5.32 Å². The Morgan fingerprint density at radius 2 is 1.74 bits per heavy atom. The maximum absolute atomic E-state index is 12.0. The average molecular weight is 270 g/mol. The number of rotatable bonds is 3. The molecule has 5 heteroatoms. The molecule has 2 aliphatic heterocycles. The molecule has 2 saturated heterocycles. The van der Waals surface area contributed by atoms with Crippen molar-refractivity contribution in [1.82, 2.24) is 10.2 Å². The number of urea groups is 1. The zero-order valence-electron chi connectivity index (χ0n) is 12.5. The molecule has 19 heavy (non-hydrogen) atoms. The molecule has 5 nitrogen and oxygen atoms in total. The lowest BCUT2D eigenvalue weighted by atomic mass is 9.80. The second-order valence-corrected chi connectivity index (χ2v) is 6.30. The predicted octanol–water partition coefficient (Wildman–Crippen LogP) is 1.97. The van der Waals surface area contributed by atoms with Crippen LogP contribution in [0.4, 0.5) is 4.79 Å². The Hall–Kier alpha value is -0.810. The summed E-state index contributed by atoms with van der Waals surface area (Å²) >= 11 is 0. The highest BCUT2D eigenvalue weighted by Crippen LogP contribution is 2.37. The van der Waals surface area contributed by atoms with Crippen molar-refractivity contribution in [3.8, 4) is 0 Å². The summed E-state index contributed by atoms with van der Waals surface area (Å²) in [4.78, 5) is 13.9. The monoisotopic (exact) mass is 270 g/mol. The fourth-order valence-corrected chi connectivity index (χ4v) is 2.59. The van der Waals surface area contributed by atoms with Gasteiger partial charge in [0.15, 0.2) is 5.79 Å². The highest BCUT2D eigenvalue weighted by molar-refractivity contribution is 5.75. The number of amides is 2. The summed E-state index contributed by atoms with van der Waals surface area (Å²) in [5, 5.41) is 3.06. The lowest BCUT2D eigenvalue weighted by molar-refractivity contribution is -0.301. The van der Waals surface area contributed by atoms with E-state index in [-0.39, 0.29) is 17.5 Å². The Balaban J connectivity index is 1.78. The molecule has 2 aliphatic rings. The molecule has 2 amide bonds. The molecule has 0 aliphatic carbocycles. The lowest BCUT2D eigenvalue weighted by Gasteiger charge is -2.53. The number of likely N-dealkylation sites (tertiary alicyclic amines) is 1. The van der Waals surface area contributed by atoms with E-state index in [0.717, 1.165) is 25.9 Å². The Labute approximate surface area is 115 Å². The minimum absolute atomic E-state index is 0.0147. The van der Waals surface area contributed by atoms with Crippen LogP contribution in [0.1, 0.15) is 40.5 Å². The standard InChI is InChI=1S/C14H26N2O3/c1-5-11(6-2)15-12(17)16-7-14(8-16)9-18-13(3,4)19-10-14/h11H,5-10H2,1-4H3,(H,15,17). The first-order valence-corrected chi connectivity index (χ1v) is 7.23. The predicted molar refractivity (Wildman–Crippen MR) is 72.9 cm³/mol. The van der Waals surface area contributed by atoms with Crippen molar-refractivity contribution in [2.75, 3.05) is 26.3 Å². The van der Waals surface area contributed by atoms with Gasteiger partial charge < -0.3 is 19.7 Å². The van der Waals surface area contributed by atoms with Crippen LogP contribution in [0.3, 0.4) is 0 Å². The zero-order chi connectivity index (χ0) is 14.1. The van der Waals surface area contributed by atoms with Crippen LogP contribution in [-0.4, -0.2) is 49.1 Å². The number of hydrogen-bond acceptors (Lipinski definition) is 3. The number of nitrogens with zero attached hydrogens (tertiary/aromatic N) is 1. The molecule has 0 saturated carbocycles. The van der Waals surface area contributed by atoms with E-state index in [2.05, 4.69) is 19.2 Å². The van der Waals surface area contributed by atoms with Gasteiger partial charge in [-0.1, -0.05) is 13.8 Å². The quantitative estimate of drug-likeness (QED) is 0.853. The average Bonchev–Trinajstić information content (AvgIpc) is 2.33. The topological polar surface area (TPSA) is 50.8 Å². The lowest BCUT2D eigenvalue weighted by Crippen LogP contribution is -2.67. The van der Waals surface area contributed by atoms with Crippen molar-refractivity contribution in [3.63, 3.8) is 0 Å². The van der Waals surface area contributed by atoms with Gasteiger partial charge in [0.05, 0.1) is 18.6 Å². The third-order valence-electron chi connectivity index (χ3n) is 4.10. The van der Waals surface area contributed by atoms with E-state index in [0.29, 0.717) is 13.2 Å². The van der Waals surface area contributed by atoms with Gasteiger partial charge in [-0.15, -0.1) is 0 Å². The number of ether oxygens (including phenoxy) is 2. The van der Waals surface area contributed by atoms with Gasteiger partial charge in [-0.3, -0.25) is 0 Å². The Morgan fingerprint density at radius 3 is 2.21 bits per heavy atom. The molecule has 0 radical (unpaired) electrons. The summed E-state index contributed by atoms with van der Waals surface area (Å²) in [5.74, 6) is -0.483. The van der Waals surface area contributed by atoms with Gasteiger partial charge in [-0.2, -0.15) is 0 Å². The maximum Gasteiger partial charge on any atom is 0.317 e. The summed E-state index contributed by atoms with van der Waals surface area (Å²) in [6.45, 7) is 10.9. The molecular formula is C14H26N2O3. The van der Waals surface area contributed by atoms with Gasteiger partial charge in [-0.25, -0.2) is 4.79 Å². The van der Waals surface area contributed by atoms with Crippen LogP contribution in [0.25, 0.3) is 0 Å². The van der Waals surface area contributed by atoms with Crippen LogP contribution in [0.2, 0.25) is 0 Å². The summed E-state index contributed by atoms with van der Waals surface area (Å²) < 4.78 is 11.4. The number of nitrogens with one attached hydrogen (secondary N) is 1. The van der Waals surface area contributed by atoms with Crippen LogP contribution in [0.15, 0.2) is 0 Å². The van der Waals surface area contributed by atoms with Gasteiger partial charge in [0.1, 0.15) is 0 Å². The van der Waals surface area contributed by atoms with E-state index in [1.54, 1.807) is 0 Å². The van der Waals surface area contributed by atoms with Gasteiger partial charge in [0.2, 0.25) is 0 Å². The summed E-state index contributed by atoms with van der Waals surface area (Å²) in [7, 11) is 0. The van der Waals surface area contributed by atoms with E-state index in [1.165, 1.54) is 0 Å². The van der Waals surface area contributed by atoms with Crippen molar-refractivity contribution in [2.24, 2.45) is 5.41 Å². The fourth-order valence-electron chi connectivity index (χ4n) is 2.59. The molecule has 2 heterocycles. The molecule has 0 atom stereocenters. The molecule has 0 aromatic carbocycles. The van der Waals surface area contributed by atoms with Crippen LogP contribution in [0.5, 0.6) is 0 Å². The van der Waals surface area contributed by atoms with E-state index in [1.807, 2.05) is 18.7 Å². The molecule has 0 aromatic heterocycles. The Bertz CT molecular complexity index is 322. The van der Waals surface area contributed by atoms with Gasteiger partial charge >= 0.3 is 6.03 Å². The van der Waals surface area contributed by atoms with Crippen molar-refractivity contribution in [1.29, 1.82) is 0 Å². The summed E-state index contributed by atoms with van der Waals surface area (Å²) in [5.41, 5.74) is 0.0147. The first-order chi connectivity index (χ1) is 8.90. The fraction of sp³-hybridized carbons (Fsp3) is 0.929. The highest BCUT2D eigenvalue weighted by Gasteiger charge is 2.50. The first kappa shape index (κ1) is 14.6. The van der Waals surface area contributed by atoms with Crippen LogP contribution in [0, 0.1) is 5.41 Å². The molecule has 2 fully saturated rings. The molecule has 1 spiro atoms. The van der Waals surface area contributed by atoms with Gasteiger partial charge in [-0.05, 0) is 26.7 Å². The van der Waals surface area contributed by atoms with E-state index in [9.17, 15) is 4.79 Å². The molecule has 0 unspecified atom stereocenters. The van der Waals surface area contributed by atoms with E-state index in [4.69, 9.17) is 9.47 Å². The molecule has 110 valence electrons. The number of carbonyl (C=O) groups is 1. The third kappa shape index (κ3) is 3.20. The minimum atomic E-state index is -0.483. The normalized spacial score (nSPS) is 24.4. The van der Waals surface area contributed by atoms with E-state index < -0.39 is 5.79 Å². The molecule has 1 N–H and O–H groups in total. The molecule has 0 bridgehead atoms. The van der Waals surface area contributed by atoms with Crippen molar-refractivity contribution in [3.05, 3.63) is 0 Å². The summed E-state index contributed by atoms with van der Waals surface area (Å²) in [6, 6.07) is 0.325. The smallest absolute Gasteiger partial charge is 0.317 e. The number of hydrogen-bond donors (Lipinski definition) is 1. The van der Waals surface area contributed by atoms with Gasteiger partial charge in [0, 0.05) is 19.1 Å². The molecular weight excluding hydrogens is 244 g/mol. The third-order valence-corrected chi connectivity index (χ3v) is 4.10. The van der Waals surface area contributed by atoms with Crippen molar-refractivity contribution >= 4 is 6.03 Å². The largest absolute Gasteiger partial charge is 0.350 e. The molecule has 0 aromatic rings. The summed E-state index contributed by atoms with van der Waals surface area (Å²) in [6.07, 6.45) is 1.95. The maximum atomic E-state index is 12.0. The van der Waals surface area contributed by atoms with E-state index >= 15 is 0 Å². The Morgan fingerprint density at radius 1 is 1.21 bits per heavy atom. The van der Waals surface area contributed by atoms with Crippen molar-refractivity contribution < 1.29 is 14.3 Å². The zero-order valence-corrected chi connectivity index (χ0v) is 12.5. The molecule has 2 rings (SSSR count). The van der Waals surface area contributed by atoms with Crippen LogP contribution >= 0.6 is 0 Å². The SMILES string of the molecule is CCC(CC)NC(=O)N1CC2(COC(C)(C)OC2)C1. The first-order valence-electron chi connectivity index (χ1n) is 7.23. The Kier molecular flexibility index (Phi) is 4.06.